The standard InChI is InChI=1S/C11H8ClN7/c1-2-6-7-8-5(3-13-10(7)18-17-6)9(12)16-11-14-4-15-19(8)11/h3-4H,2H2,1H3,(H,13,17,18). The zero-order chi connectivity index (χ0) is 13.0. The molecule has 1 N–H and O–H groups in total. The van der Waals surface area contributed by atoms with Gasteiger partial charge in [-0.3, -0.25) is 5.10 Å². The maximum absolute atomic E-state index is 6.19. The van der Waals surface area contributed by atoms with Gasteiger partial charge in [0, 0.05) is 6.20 Å². The van der Waals surface area contributed by atoms with Gasteiger partial charge in [0.25, 0.3) is 5.78 Å². The Kier molecular flexibility index (Phi) is 2.02. The number of nitrogens with one attached hydrogen (secondary N) is 1. The van der Waals surface area contributed by atoms with Crippen molar-refractivity contribution in [1.82, 2.24) is 34.8 Å². The number of aryl methyl sites for hydroxylation is 1. The SMILES string of the molecule is CCc1n[nH]c2ncc3c(Cl)nc4ncnn4c3c12. The molecule has 0 saturated carbocycles. The third-order valence-corrected chi connectivity index (χ3v) is 3.42. The molecule has 0 amide bonds. The molecule has 0 aromatic carbocycles. The Bertz CT molecular complexity index is 923. The van der Waals surface area contributed by atoms with Crippen molar-refractivity contribution in [1.29, 1.82) is 0 Å². The molecule has 0 aliphatic rings. The zero-order valence-corrected chi connectivity index (χ0v) is 10.7. The lowest BCUT2D eigenvalue weighted by Crippen LogP contribution is -1.97. The second-order valence-electron chi connectivity index (χ2n) is 4.14. The van der Waals surface area contributed by atoms with E-state index in [0.717, 1.165) is 28.4 Å². The number of rotatable bonds is 1. The Morgan fingerprint density at radius 3 is 3.11 bits per heavy atom. The molecule has 94 valence electrons. The lowest BCUT2D eigenvalue weighted by molar-refractivity contribution is 0.977. The second-order valence-corrected chi connectivity index (χ2v) is 4.50. The maximum Gasteiger partial charge on any atom is 0.254 e. The van der Waals surface area contributed by atoms with Gasteiger partial charge < -0.3 is 0 Å². The van der Waals surface area contributed by atoms with Crippen LogP contribution in [0.25, 0.3) is 27.7 Å². The molecule has 0 bridgehead atoms. The Hall–Kier alpha value is -2.28. The summed E-state index contributed by atoms with van der Waals surface area (Å²) in [6.07, 6.45) is 3.92. The van der Waals surface area contributed by atoms with Crippen LogP contribution < -0.4 is 0 Å². The van der Waals surface area contributed by atoms with Crippen LogP contribution in [0, 0.1) is 0 Å². The summed E-state index contributed by atoms with van der Waals surface area (Å²) in [5, 5.41) is 13.4. The molecule has 4 heterocycles. The topological polar surface area (TPSA) is 84.6 Å². The van der Waals surface area contributed by atoms with Crippen LogP contribution >= 0.6 is 11.6 Å². The van der Waals surface area contributed by atoms with Crippen molar-refractivity contribution >= 4 is 39.3 Å². The van der Waals surface area contributed by atoms with Gasteiger partial charge >= 0.3 is 0 Å². The summed E-state index contributed by atoms with van der Waals surface area (Å²) < 4.78 is 1.67. The third-order valence-electron chi connectivity index (χ3n) is 3.13. The number of aromatic nitrogens is 7. The van der Waals surface area contributed by atoms with Gasteiger partial charge in [0.05, 0.1) is 22.0 Å². The van der Waals surface area contributed by atoms with Crippen LogP contribution in [0.15, 0.2) is 12.5 Å². The predicted molar refractivity (Wildman–Crippen MR) is 70.1 cm³/mol. The minimum Gasteiger partial charge on any atom is -0.260 e. The van der Waals surface area contributed by atoms with E-state index in [1.54, 1.807) is 10.7 Å². The van der Waals surface area contributed by atoms with E-state index in [1.165, 1.54) is 6.33 Å². The second kappa shape index (κ2) is 3.61. The highest BCUT2D eigenvalue weighted by Gasteiger charge is 2.16. The molecule has 0 fully saturated rings. The van der Waals surface area contributed by atoms with Gasteiger partial charge in [0.1, 0.15) is 11.5 Å². The van der Waals surface area contributed by atoms with Gasteiger partial charge in [-0.25, -0.2) is 4.98 Å². The first kappa shape index (κ1) is 10.6. The van der Waals surface area contributed by atoms with Gasteiger partial charge in [-0.1, -0.05) is 18.5 Å². The summed E-state index contributed by atoms with van der Waals surface area (Å²) in [5.74, 6) is 0.466. The van der Waals surface area contributed by atoms with Crippen LogP contribution in [0.5, 0.6) is 0 Å². The Morgan fingerprint density at radius 1 is 1.37 bits per heavy atom. The summed E-state index contributed by atoms with van der Waals surface area (Å²) in [4.78, 5) is 12.6. The van der Waals surface area contributed by atoms with E-state index in [1.807, 2.05) is 6.92 Å². The molecule has 4 aromatic heterocycles. The Morgan fingerprint density at radius 2 is 2.26 bits per heavy atom. The average molecular weight is 274 g/mol. The Labute approximate surface area is 111 Å². The first-order valence-corrected chi connectivity index (χ1v) is 6.18. The average Bonchev–Trinajstić information content (AvgIpc) is 3.03. The van der Waals surface area contributed by atoms with Crippen LogP contribution in [-0.2, 0) is 6.42 Å². The highest BCUT2D eigenvalue weighted by Crippen LogP contribution is 2.28. The highest BCUT2D eigenvalue weighted by atomic mass is 35.5. The fourth-order valence-corrected chi connectivity index (χ4v) is 2.49. The summed E-state index contributed by atoms with van der Waals surface area (Å²) in [5.41, 5.74) is 2.47. The van der Waals surface area contributed by atoms with Gasteiger partial charge in [-0.05, 0) is 6.42 Å². The van der Waals surface area contributed by atoms with Gasteiger partial charge in [-0.15, -0.1) is 0 Å². The van der Waals surface area contributed by atoms with Crippen LogP contribution in [0.2, 0.25) is 5.15 Å². The number of aromatic amines is 1. The largest absolute Gasteiger partial charge is 0.260 e. The van der Waals surface area contributed by atoms with E-state index in [-0.39, 0.29) is 0 Å². The fourth-order valence-electron chi connectivity index (χ4n) is 2.28. The van der Waals surface area contributed by atoms with E-state index in [9.17, 15) is 0 Å². The smallest absolute Gasteiger partial charge is 0.254 e. The molecule has 0 atom stereocenters. The van der Waals surface area contributed by atoms with Crippen molar-refractivity contribution in [2.75, 3.05) is 0 Å². The molecule has 8 heteroatoms. The molecule has 7 nitrogen and oxygen atoms in total. The minimum atomic E-state index is 0.369. The van der Waals surface area contributed by atoms with Crippen LogP contribution in [0.4, 0.5) is 0 Å². The van der Waals surface area contributed by atoms with Crippen molar-refractivity contribution in [3.05, 3.63) is 23.4 Å². The molecular formula is C11H8ClN7. The van der Waals surface area contributed by atoms with Crippen LogP contribution in [0.3, 0.4) is 0 Å². The highest BCUT2D eigenvalue weighted by molar-refractivity contribution is 6.35. The summed E-state index contributed by atoms with van der Waals surface area (Å²) in [6, 6.07) is 0. The zero-order valence-electron chi connectivity index (χ0n) is 9.92. The fraction of sp³-hybridized carbons (Fsp3) is 0.182. The van der Waals surface area contributed by atoms with E-state index in [2.05, 4.69) is 30.2 Å². The van der Waals surface area contributed by atoms with E-state index >= 15 is 0 Å². The number of hydrogen-bond donors (Lipinski definition) is 1. The predicted octanol–water partition coefficient (Wildman–Crippen LogP) is 1.76. The summed E-state index contributed by atoms with van der Waals surface area (Å²) in [7, 11) is 0. The minimum absolute atomic E-state index is 0.369. The molecule has 4 rings (SSSR count). The quantitative estimate of drug-likeness (QED) is 0.534. The van der Waals surface area contributed by atoms with Gasteiger partial charge in [-0.2, -0.15) is 24.7 Å². The first-order valence-electron chi connectivity index (χ1n) is 5.80. The van der Waals surface area contributed by atoms with Crippen molar-refractivity contribution in [3.63, 3.8) is 0 Å². The molecule has 0 aliphatic heterocycles. The van der Waals surface area contributed by atoms with Gasteiger partial charge in [0.15, 0.2) is 5.65 Å². The summed E-state index contributed by atoms with van der Waals surface area (Å²) in [6.45, 7) is 2.04. The lowest BCUT2D eigenvalue weighted by Gasteiger charge is -2.04. The van der Waals surface area contributed by atoms with Crippen molar-refractivity contribution in [2.45, 2.75) is 13.3 Å². The molecule has 0 aliphatic carbocycles. The number of pyridine rings is 1. The van der Waals surface area contributed by atoms with Crippen LogP contribution in [-0.4, -0.2) is 34.8 Å². The maximum atomic E-state index is 6.19. The van der Waals surface area contributed by atoms with Crippen molar-refractivity contribution in [3.8, 4) is 0 Å². The molecular weight excluding hydrogens is 266 g/mol. The monoisotopic (exact) mass is 273 g/mol. The first-order chi connectivity index (χ1) is 9.29. The number of H-pyrrole nitrogens is 1. The Balaban J connectivity index is 2.39. The number of halogens is 1. The van der Waals surface area contributed by atoms with E-state index in [0.29, 0.717) is 16.6 Å². The molecule has 19 heavy (non-hydrogen) atoms. The number of nitrogens with zero attached hydrogens (tertiary/aromatic N) is 6. The normalized spacial score (nSPS) is 11.9. The number of hydrogen-bond acceptors (Lipinski definition) is 5. The third kappa shape index (κ3) is 1.30. The molecule has 0 saturated heterocycles. The van der Waals surface area contributed by atoms with Crippen molar-refractivity contribution < 1.29 is 0 Å². The van der Waals surface area contributed by atoms with Crippen LogP contribution in [0.1, 0.15) is 12.6 Å². The molecule has 4 aromatic rings. The molecule has 0 unspecified atom stereocenters. The lowest BCUT2D eigenvalue weighted by atomic mass is 10.2. The summed E-state index contributed by atoms with van der Waals surface area (Å²) >= 11 is 6.19. The van der Waals surface area contributed by atoms with Crippen molar-refractivity contribution in [2.24, 2.45) is 0 Å². The van der Waals surface area contributed by atoms with E-state index < -0.39 is 0 Å². The van der Waals surface area contributed by atoms with E-state index in [4.69, 9.17) is 11.6 Å². The number of fused-ring (bicyclic) bond motifs is 5. The molecule has 0 spiro atoms. The van der Waals surface area contributed by atoms with Gasteiger partial charge in [0.2, 0.25) is 0 Å². The molecule has 0 radical (unpaired) electrons.